The summed E-state index contributed by atoms with van der Waals surface area (Å²) in [6, 6.07) is 10.1. The second-order valence-electron chi connectivity index (χ2n) is 7.18. The largest absolute Gasteiger partial charge is 0.469 e. The maximum atomic E-state index is 12.5. The van der Waals surface area contributed by atoms with Gasteiger partial charge in [-0.1, -0.05) is 30.3 Å². The van der Waals surface area contributed by atoms with Crippen molar-refractivity contribution in [2.24, 2.45) is 11.8 Å². The number of aryl methyl sites for hydroxylation is 1. The summed E-state index contributed by atoms with van der Waals surface area (Å²) < 4.78 is 4.58. The topological polar surface area (TPSA) is 66.9 Å². The number of nitrogens with zero attached hydrogens (tertiary/aromatic N) is 2. The summed E-state index contributed by atoms with van der Waals surface area (Å²) in [6.07, 6.45) is 1.63. The van der Waals surface area contributed by atoms with E-state index in [1.54, 1.807) is 0 Å². The van der Waals surface area contributed by atoms with Crippen molar-refractivity contribution in [1.82, 2.24) is 9.80 Å². The van der Waals surface area contributed by atoms with Crippen LogP contribution < -0.4 is 0 Å². The highest BCUT2D eigenvalue weighted by molar-refractivity contribution is 5.81. The van der Waals surface area contributed by atoms with Crippen molar-refractivity contribution in [3.05, 3.63) is 35.9 Å². The third-order valence-corrected chi connectivity index (χ3v) is 5.43. The van der Waals surface area contributed by atoms with E-state index in [-0.39, 0.29) is 30.6 Å². The molecular formula is C20H26N2O4. The molecule has 2 aliphatic heterocycles. The molecule has 2 fully saturated rings. The molecule has 2 saturated heterocycles. The average Bonchev–Trinajstić information content (AvgIpc) is 3.24. The highest BCUT2D eigenvalue weighted by atomic mass is 16.5. The zero-order chi connectivity index (χ0) is 18.5. The zero-order valence-electron chi connectivity index (χ0n) is 15.2. The predicted molar refractivity (Wildman–Crippen MR) is 96.2 cm³/mol. The van der Waals surface area contributed by atoms with Crippen LogP contribution in [0.4, 0.5) is 0 Å². The Kier molecular flexibility index (Phi) is 5.91. The summed E-state index contributed by atoms with van der Waals surface area (Å²) in [5, 5.41) is 0. The van der Waals surface area contributed by atoms with Crippen LogP contribution in [0.3, 0.4) is 0 Å². The number of carbonyl (C=O) groups excluding carboxylic acids is 3. The van der Waals surface area contributed by atoms with Crippen LogP contribution in [0.1, 0.15) is 24.8 Å². The maximum absolute atomic E-state index is 12.5. The van der Waals surface area contributed by atoms with Gasteiger partial charge in [0.25, 0.3) is 0 Å². The van der Waals surface area contributed by atoms with Gasteiger partial charge in [-0.05, 0) is 12.0 Å². The van der Waals surface area contributed by atoms with Gasteiger partial charge in [0.15, 0.2) is 0 Å². The molecule has 2 heterocycles. The van der Waals surface area contributed by atoms with Crippen molar-refractivity contribution in [2.75, 3.05) is 33.3 Å². The van der Waals surface area contributed by atoms with Crippen LogP contribution in [0.5, 0.6) is 0 Å². The van der Waals surface area contributed by atoms with Gasteiger partial charge in [-0.3, -0.25) is 14.4 Å². The van der Waals surface area contributed by atoms with Gasteiger partial charge >= 0.3 is 5.97 Å². The van der Waals surface area contributed by atoms with Gasteiger partial charge in [0.05, 0.1) is 13.5 Å². The Labute approximate surface area is 154 Å². The molecule has 3 rings (SSSR count). The number of rotatable bonds is 6. The Hall–Kier alpha value is -2.37. The SMILES string of the molecule is COC(=O)CCC(=O)N1C[C@@H]2CN(C(=O)CCc3ccccc3)C[C@H]2C1. The van der Waals surface area contributed by atoms with E-state index in [0.717, 1.165) is 19.5 Å². The summed E-state index contributed by atoms with van der Waals surface area (Å²) in [4.78, 5) is 39.6. The maximum Gasteiger partial charge on any atom is 0.306 e. The van der Waals surface area contributed by atoms with E-state index in [9.17, 15) is 14.4 Å². The molecule has 1 aromatic carbocycles. The molecule has 26 heavy (non-hydrogen) atoms. The molecule has 0 radical (unpaired) electrons. The van der Waals surface area contributed by atoms with Crippen LogP contribution in [-0.4, -0.2) is 60.9 Å². The average molecular weight is 358 g/mol. The molecule has 1 aromatic rings. The Bertz CT molecular complexity index is 647. The van der Waals surface area contributed by atoms with Crippen molar-refractivity contribution in [1.29, 1.82) is 0 Å². The van der Waals surface area contributed by atoms with Crippen molar-refractivity contribution in [3.63, 3.8) is 0 Å². The van der Waals surface area contributed by atoms with Crippen LogP contribution in [0.25, 0.3) is 0 Å². The van der Waals surface area contributed by atoms with Crippen LogP contribution in [0, 0.1) is 11.8 Å². The zero-order valence-corrected chi connectivity index (χ0v) is 15.2. The molecular weight excluding hydrogens is 332 g/mol. The van der Waals surface area contributed by atoms with E-state index < -0.39 is 0 Å². The molecule has 2 atom stereocenters. The molecule has 0 aromatic heterocycles. The molecule has 0 N–H and O–H groups in total. The summed E-state index contributed by atoms with van der Waals surface area (Å²) in [5.74, 6) is 0.571. The summed E-state index contributed by atoms with van der Waals surface area (Å²) in [5.41, 5.74) is 1.18. The lowest BCUT2D eigenvalue weighted by Crippen LogP contribution is -2.35. The highest BCUT2D eigenvalue weighted by Crippen LogP contribution is 2.32. The second-order valence-corrected chi connectivity index (χ2v) is 7.18. The molecule has 2 amide bonds. The predicted octanol–water partition coefficient (Wildman–Crippen LogP) is 1.49. The number of esters is 1. The first-order valence-electron chi connectivity index (χ1n) is 9.23. The molecule has 0 aliphatic carbocycles. The van der Waals surface area contributed by atoms with E-state index in [2.05, 4.69) is 4.74 Å². The number of hydrogen-bond acceptors (Lipinski definition) is 4. The lowest BCUT2D eigenvalue weighted by Gasteiger charge is -2.22. The molecule has 0 saturated carbocycles. The smallest absolute Gasteiger partial charge is 0.306 e. The third kappa shape index (κ3) is 4.42. The molecule has 2 aliphatic rings. The standard InChI is InChI=1S/C20H26N2O4/c1-26-20(25)10-9-19(24)22-13-16-11-21(12-17(16)14-22)18(23)8-7-15-5-3-2-4-6-15/h2-6,16-17H,7-14H2,1H3/t16-,17-/m0/s1. The third-order valence-electron chi connectivity index (χ3n) is 5.43. The Morgan fingerprint density at radius 3 is 1.96 bits per heavy atom. The van der Waals surface area contributed by atoms with E-state index in [4.69, 9.17) is 0 Å². The Morgan fingerprint density at radius 2 is 1.42 bits per heavy atom. The van der Waals surface area contributed by atoms with Crippen molar-refractivity contribution in [2.45, 2.75) is 25.7 Å². The van der Waals surface area contributed by atoms with E-state index in [1.807, 2.05) is 40.1 Å². The number of hydrogen-bond donors (Lipinski definition) is 0. The van der Waals surface area contributed by atoms with E-state index in [0.29, 0.717) is 31.3 Å². The second kappa shape index (κ2) is 8.34. The van der Waals surface area contributed by atoms with E-state index >= 15 is 0 Å². The first-order chi connectivity index (χ1) is 12.6. The highest BCUT2D eigenvalue weighted by Gasteiger charge is 2.42. The van der Waals surface area contributed by atoms with Gasteiger partial charge in [-0.15, -0.1) is 0 Å². The minimum absolute atomic E-state index is 0.00625. The number of likely N-dealkylation sites (tertiary alicyclic amines) is 2. The monoisotopic (exact) mass is 358 g/mol. The Balaban J connectivity index is 1.42. The van der Waals surface area contributed by atoms with Crippen LogP contribution in [0.15, 0.2) is 30.3 Å². The van der Waals surface area contributed by atoms with Crippen LogP contribution in [-0.2, 0) is 25.5 Å². The first kappa shape index (κ1) is 18.4. The number of fused-ring (bicyclic) bond motifs is 1. The van der Waals surface area contributed by atoms with Gasteiger partial charge < -0.3 is 14.5 Å². The number of methoxy groups -OCH3 is 1. The lowest BCUT2D eigenvalue weighted by atomic mass is 10.0. The van der Waals surface area contributed by atoms with Crippen molar-refractivity contribution < 1.29 is 19.1 Å². The van der Waals surface area contributed by atoms with Gasteiger partial charge in [-0.2, -0.15) is 0 Å². The fourth-order valence-corrected chi connectivity index (χ4v) is 3.92. The molecule has 6 nitrogen and oxygen atoms in total. The van der Waals surface area contributed by atoms with Gasteiger partial charge in [0.2, 0.25) is 11.8 Å². The molecule has 6 heteroatoms. The van der Waals surface area contributed by atoms with Gasteiger partial charge in [-0.25, -0.2) is 0 Å². The number of ether oxygens (including phenoxy) is 1. The number of carbonyl (C=O) groups is 3. The van der Waals surface area contributed by atoms with E-state index in [1.165, 1.54) is 12.7 Å². The summed E-state index contributed by atoms with van der Waals surface area (Å²) in [6.45, 7) is 2.85. The fraction of sp³-hybridized carbons (Fsp3) is 0.550. The molecule has 0 unspecified atom stereocenters. The normalized spacial score (nSPS) is 21.6. The molecule has 0 spiro atoms. The first-order valence-corrected chi connectivity index (χ1v) is 9.23. The van der Waals surface area contributed by atoms with Crippen molar-refractivity contribution in [3.8, 4) is 0 Å². The van der Waals surface area contributed by atoms with Gasteiger partial charge in [0, 0.05) is 50.9 Å². The quantitative estimate of drug-likeness (QED) is 0.723. The lowest BCUT2D eigenvalue weighted by molar-refractivity contribution is -0.143. The van der Waals surface area contributed by atoms with Gasteiger partial charge in [0.1, 0.15) is 0 Å². The van der Waals surface area contributed by atoms with Crippen LogP contribution >= 0.6 is 0 Å². The fourth-order valence-electron chi connectivity index (χ4n) is 3.92. The minimum Gasteiger partial charge on any atom is -0.469 e. The molecule has 0 bridgehead atoms. The summed E-state index contributed by atoms with van der Waals surface area (Å²) >= 11 is 0. The van der Waals surface area contributed by atoms with Crippen molar-refractivity contribution >= 4 is 17.8 Å². The molecule has 140 valence electrons. The Morgan fingerprint density at radius 1 is 0.885 bits per heavy atom. The minimum atomic E-state index is -0.354. The number of amides is 2. The van der Waals surface area contributed by atoms with Crippen LogP contribution in [0.2, 0.25) is 0 Å². The number of benzene rings is 1. The summed E-state index contributed by atoms with van der Waals surface area (Å²) in [7, 11) is 1.33.